The zero-order valence-electron chi connectivity index (χ0n) is 11.0. The van der Waals surface area contributed by atoms with Gasteiger partial charge >= 0.3 is 0 Å². The van der Waals surface area contributed by atoms with Crippen molar-refractivity contribution in [3.8, 4) is 5.69 Å². The lowest BCUT2D eigenvalue weighted by molar-refractivity contribution is 0.103. The molecular weight excluding hydrogens is 345 g/mol. The molecule has 0 saturated carbocycles. The van der Waals surface area contributed by atoms with Gasteiger partial charge in [0.05, 0.1) is 16.9 Å². The lowest BCUT2D eigenvalue weighted by Crippen LogP contribution is -2.02. The van der Waals surface area contributed by atoms with Gasteiger partial charge in [-0.2, -0.15) is 0 Å². The van der Waals surface area contributed by atoms with Crippen molar-refractivity contribution >= 4 is 40.6 Å². The highest BCUT2D eigenvalue weighted by Crippen LogP contribution is 2.23. The van der Waals surface area contributed by atoms with Crippen LogP contribution in [0, 0.1) is 0 Å². The summed E-state index contributed by atoms with van der Waals surface area (Å²) in [7, 11) is 0. The van der Waals surface area contributed by atoms with E-state index in [9.17, 15) is 4.79 Å². The monoisotopic (exact) mass is 351 g/mol. The molecule has 0 saturated heterocycles. The smallest absolute Gasteiger partial charge is 0.216 e. The molecule has 4 nitrogen and oxygen atoms in total. The average Bonchev–Trinajstić information content (AvgIpc) is 2.97. The van der Waals surface area contributed by atoms with E-state index in [-0.39, 0.29) is 16.5 Å². The fourth-order valence-electron chi connectivity index (χ4n) is 1.90. The molecule has 0 aliphatic carbocycles. The quantitative estimate of drug-likeness (QED) is 0.654. The highest BCUT2D eigenvalue weighted by Gasteiger charge is 2.17. The van der Waals surface area contributed by atoms with Gasteiger partial charge in [-0.3, -0.25) is 4.79 Å². The van der Waals surface area contributed by atoms with E-state index in [2.05, 4.69) is 10.3 Å². The number of carbonyl (C=O) groups excluding carboxylic acids is 1. The summed E-state index contributed by atoms with van der Waals surface area (Å²) in [5, 5.41) is 9.20. The van der Waals surface area contributed by atoms with E-state index in [1.54, 1.807) is 36.4 Å². The van der Waals surface area contributed by atoms with Crippen molar-refractivity contribution in [2.75, 3.05) is 0 Å². The number of carbonyl (C=O) groups is 1. The third-order valence-corrected chi connectivity index (χ3v) is 3.79. The van der Waals surface area contributed by atoms with E-state index < -0.39 is 0 Å². The van der Waals surface area contributed by atoms with Gasteiger partial charge in [0.25, 0.3) is 0 Å². The van der Waals surface area contributed by atoms with Crippen LogP contribution in [-0.2, 0) is 0 Å². The number of nitrogens with zero attached hydrogens (tertiary/aromatic N) is 3. The third-order valence-electron chi connectivity index (χ3n) is 2.99. The molecule has 0 aliphatic rings. The van der Waals surface area contributed by atoms with Gasteiger partial charge < -0.3 is 0 Å². The zero-order chi connectivity index (χ0) is 15.7. The Bertz CT molecular complexity index is 843. The van der Waals surface area contributed by atoms with Crippen LogP contribution in [0.25, 0.3) is 5.69 Å². The molecule has 0 fully saturated rings. The molecular formula is C15H8Cl3N3O. The predicted molar refractivity (Wildman–Crippen MR) is 86.3 cm³/mol. The molecule has 1 heterocycles. The number of ketones is 1. The van der Waals surface area contributed by atoms with Crippen LogP contribution in [-0.4, -0.2) is 20.8 Å². The van der Waals surface area contributed by atoms with Gasteiger partial charge in [0.2, 0.25) is 5.78 Å². The van der Waals surface area contributed by atoms with Gasteiger partial charge in [0.1, 0.15) is 0 Å². The molecule has 3 rings (SSSR count). The minimum atomic E-state index is -0.318. The van der Waals surface area contributed by atoms with Crippen molar-refractivity contribution < 1.29 is 4.79 Å². The zero-order valence-corrected chi connectivity index (χ0v) is 13.3. The van der Waals surface area contributed by atoms with Gasteiger partial charge in [-0.15, -0.1) is 5.10 Å². The van der Waals surface area contributed by atoms with Crippen molar-refractivity contribution in [2.45, 2.75) is 0 Å². The molecule has 0 unspecified atom stereocenters. The van der Waals surface area contributed by atoms with Gasteiger partial charge in [-0.25, -0.2) is 4.68 Å². The second kappa shape index (κ2) is 6.08. The summed E-state index contributed by atoms with van der Waals surface area (Å²) >= 11 is 17.7. The van der Waals surface area contributed by atoms with Crippen LogP contribution >= 0.6 is 34.8 Å². The molecule has 0 N–H and O–H groups in total. The summed E-state index contributed by atoms with van der Waals surface area (Å²) in [5.41, 5.74) is 1.27. The Morgan fingerprint density at radius 3 is 2.32 bits per heavy atom. The van der Waals surface area contributed by atoms with E-state index in [1.165, 1.54) is 16.9 Å². The number of halogens is 3. The van der Waals surface area contributed by atoms with Crippen molar-refractivity contribution in [3.05, 3.63) is 75.0 Å². The SMILES string of the molecule is O=C(c1cn(-c2ccc(Cl)cc2)nn1)c1ccc(Cl)cc1Cl. The molecule has 0 radical (unpaired) electrons. The Labute approximate surface area is 141 Å². The Balaban J connectivity index is 1.93. The van der Waals surface area contributed by atoms with Crippen LogP contribution in [0.1, 0.15) is 16.1 Å². The molecule has 110 valence electrons. The average molecular weight is 353 g/mol. The van der Waals surface area contributed by atoms with E-state index in [1.807, 2.05) is 0 Å². The Morgan fingerprint density at radius 1 is 0.955 bits per heavy atom. The lowest BCUT2D eigenvalue weighted by atomic mass is 10.1. The maximum atomic E-state index is 12.4. The van der Waals surface area contributed by atoms with Crippen molar-refractivity contribution in [2.24, 2.45) is 0 Å². The predicted octanol–water partition coefficient (Wildman–Crippen LogP) is 4.46. The second-order valence-corrected chi connectivity index (χ2v) is 5.76. The highest BCUT2D eigenvalue weighted by atomic mass is 35.5. The standard InChI is InChI=1S/C15H8Cl3N3O/c16-9-1-4-11(5-2-9)21-8-14(19-20-21)15(22)12-6-3-10(17)7-13(12)18/h1-8H. The number of hydrogen-bond acceptors (Lipinski definition) is 3. The van der Waals surface area contributed by atoms with Gasteiger partial charge in [0, 0.05) is 15.6 Å². The fourth-order valence-corrected chi connectivity index (χ4v) is 2.52. The molecule has 1 aromatic heterocycles. The first kappa shape index (κ1) is 15.0. The first-order valence-corrected chi connectivity index (χ1v) is 7.36. The van der Waals surface area contributed by atoms with Crippen LogP contribution in [0.4, 0.5) is 0 Å². The molecule has 0 atom stereocenters. The second-order valence-electron chi connectivity index (χ2n) is 4.48. The Morgan fingerprint density at radius 2 is 1.64 bits per heavy atom. The van der Waals surface area contributed by atoms with E-state index in [0.717, 1.165) is 5.69 Å². The third kappa shape index (κ3) is 2.99. The molecule has 0 bridgehead atoms. The van der Waals surface area contributed by atoms with Crippen LogP contribution in [0.3, 0.4) is 0 Å². The Hall–Kier alpha value is -1.88. The maximum Gasteiger partial charge on any atom is 0.216 e. The maximum absolute atomic E-state index is 12.4. The largest absolute Gasteiger partial charge is 0.287 e. The molecule has 2 aromatic carbocycles. The number of benzene rings is 2. The minimum Gasteiger partial charge on any atom is -0.287 e. The Kier molecular flexibility index (Phi) is 4.16. The van der Waals surface area contributed by atoms with Crippen LogP contribution in [0.15, 0.2) is 48.7 Å². The summed E-state index contributed by atoms with van der Waals surface area (Å²) < 4.78 is 1.49. The fraction of sp³-hybridized carbons (Fsp3) is 0. The molecule has 0 aliphatic heterocycles. The highest BCUT2D eigenvalue weighted by molar-refractivity contribution is 6.37. The van der Waals surface area contributed by atoms with Crippen molar-refractivity contribution in [3.63, 3.8) is 0 Å². The number of hydrogen-bond donors (Lipinski definition) is 0. The minimum absolute atomic E-state index is 0.194. The summed E-state index contributed by atoms with van der Waals surface area (Å²) in [4.78, 5) is 12.4. The summed E-state index contributed by atoms with van der Waals surface area (Å²) in [6.45, 7) is 0. The molecule has 3 aromatic rings. The molecule has 0 amide bonds. The van der Waals surface area contributed by atoms with E-state index in [0.29, 0.717) is 15.6 Å². The summed E-state index contributed by atoms with van der Waals surface area (Å²) in [5.74, 6) is -0.318. The topological polar surface area (TPSA) is 47.8 Å². The molecule has 0 spiro atoms. The first-order valence-electron chi connectivity index (χ1n) is 6.22. The summed E-state index contributed by atoms with van der Waals surface area (Å²) in [6.07, 6.45) is 1.54. The van der Waals surface area contributed by atoms with Crippen LogP contribution in [0.2, 0.25) is 15.1 Å². The lowest BCUT2D eigenvalue weighted by Gasteiger charge is -2.01. The van der Waals surface area contributed by atoms with E-state index >= 15 is 0 Å². The van der Waals surface area contributed by atoms with Crippen molar-refractivity contribution in [1.29, 1.82) is 0 Å². The normalized spacial score (nSPS) is 10.7. The van der Waals surface area contributed by atoms with Gasteiger partial charge in [0.15, 0.2) is 5.69 Å². The first-order chi connectivity index (χ1) is 10.5. The van der Waals surface area contributed by atoms with Crippen LogP contribution < -0.4 is 0 Å². The van der Waals surface area contributed by atoms with Crippen LogP contribution in [0.5, 0.6) is 0 Å². The molecule has 22 heavy (non-hydrogen) atoms. The number of rotatable bonds is 3. The number of aromatic nitrogens is 3. The van der Waals surface area contributed by atoms with Gasteiger partial charge in [-0.05, 0) is 42.5 Å². The molecule has 7 heteroatoms. The van der Waals surface area contributed by atoms with E-state index in [4.69, 9.17) is 34.8 Å². The van der Waals surface area contributed by atoms with Gasteiger partial charge in [-0.1, -0.05) is 40.0 Å². The summed E-state index contributed by atoms with van der Waals surface area (Å²) in [6, 6.07) is 11.7. The van der Waals surface area contributed by atoms with Crippen molar-refractivity contribution in [1.82, 2.24) is 15.0 Å².